The molecule has 2 aliphatic heterocycles. The first kappa shape index (κ1) is 32.8. The number of nitrogens with zero attached hydrogens (tertiary/aromatic N) is 5. The van der Waals surface area contributed by atoms with Crippen molar-refractivity contribution in [3.8, 4) is 11.4 Å². The van der Waals surface area contributed by atoms with E-state index in [-0.39, 0.29) is 33.1 Å². The van der Waals surface area contributed by atoms with Crippen LogP contribution >= 0.6 is 0 Å². The van der Waals surface area contributed by atoms with E-state index in [2.05, 4.69) is 168 Å². The summed E-state index contributed by atoms with van der Waals surface area (Å²) in [5, 5.41) is 4.70. The number of fused-ring (bicyclic) bond motifs is 9. The van der Waals surface area contributed by atoms with Crippen molar-refractivity contribution < 1.29 is 21.1 Å². The molecule has 11 rings (SSSR count). The molecule has 262 valence electrons. The minimum atomic E-state index is 0. The van der Waals surface area contributed by atoms with E-state index in [1.165, 1.54) is 38.6 Å². The summed E-state index contributed by atoms with van der Waals surface area (Å²) in [7, 11) is 0. The van der Waals surface area contributed by atoms with Crippen LogP contribution in [0.1, 0.15) is 51.0 Å². The van der Waals surface area contributed by atoms with E-state index >= 15 is 0 Å². The van der Waals surface area contributed by atoms with E-state index in [4.69, 9.17) is 9.98 Å². The maximum atomic E-state index is 5.51. The molecule has 0 amide bonds. The number of rotatable bonds is 4. The molecule has 5 nitrogen and oxygen atoms in total. The Bertz CT molecular complexity index is 2990. The van der Waals surface area contributed by atoms with Crippen molar-refractivity contribution in [1.82, 2.24) is 19.0 Å². The van der Waals surface area contributed by atoms with E-state index in [1.54, 1.807) is 0 Å². The van der Waals surface area contributed by atoms with Crippen LogP contribution in [-0.2, 0) is 27.6 Å². The Kier molecular flexibility index (Phi) is 7.54. The van der Waals surface area contributed by atoms with Gasteiger partial charge >= 0.3 is 21.1 Å². The monoisotopic (exact) mass is 876 g/mol. The zero-order valence-electron chi connectivity index (χ0n) is 30.1. The summed E-state index contributed by atoms with van der Waals surface area (Å²) in [5.41, 5.74) is 14.7. The Hall–Kier alpha value is -5.77. The molecule has 2 atom stereocenters. The molecule has 0 radical (unpaired) electrons. The summed E-state index contributed by atoms with van der Waals surface area (Å²) in [5.74, 6) is 0.998. The van der Waals surface area contributed by atoms with Gasteiger partial charge in [0.2, 0.25) is 0 Å². The first-order valence-electron chi connectivity index (χ1n) is 18.4. The Balaban J connectivity index is 0.00000361. The summed E-state index contributed by atoms with van der Waals surface area (Å²) >= 11 is 0. The number of benzene rings is 6. The molecule has 0 bridgehead atoms. The number of hydrogen-bond acceptors (Lipinski definition) is 3. The third-order valence-electron chi connectivity index (χ3n) is 11.2. The van der Waals surface area contributed by atoms with Gasteiger partial charge in [0.1, 0.15) is 5.65 Å². The van der Waals surface area contributed by atoms with Crippen molar-refractivity contribution in [3.05, 3.63) is 185 Å². The maximum absolute atomic E-state index is 5.51. The third-order valence-corrected chi connectivity index (χ3v) is 11.2. The van der Waals surface area contributed by atoms with Gasteiger partial charge in [-0.1, -0.05) is 102 Å². The molecule has 0 aliphatic carbocycles. The van der Waals surface area contributed by atoms with Gasteiger partial charge in [-0.3, -0.25) is 0 Å². The van der Waals surface area contributed by atoms with E-state index in [9.17, 15) is 0 Å². The fourth-order valence-electron chi connectivity index (χ4n) is 8.94. The van der Waals surface area contributed by atoms with Crippen molar-refractivity contribution in [2.24, 2.45) is 4.99 Å². The second-order valence-corrected chi connectivity index (χ2v) is 14.7. The van der Waals surface area contributed by atoms with E-state index in [1.807, 2.05) is 12.3 Å². The average Bonchev–Trinajstić information content (AvgIpc) is 3.92. The van der Waals surface area contributed by atoms with Crippen LogP contribution in [0.2, 0.25) is 0 Å². The molecule has 2 aliphatic rings. The molecule has 9 aromatic rings. The Morgan fingerprint density at radius 2 is 1.35 bits per heavy atom. The molecule has 0 unspecified atom stereocenters. The Labute approximate surface area is 328 Å². The van der Waals surface area contributed by atoms with Crippen molar-refractivity contribution in [1.29, 1.82) is 0 Å². The van der Waals surface area contributed by atoms with Crippen LogP contribution in [0.15, 0.2) is 139 Å². The Morgan fingerprint density at radius 3 is 2.17 bits per heavy atom. The van der Waals surface area contributed by atoms with Gasteiger partial charge in [0.05, 0.1) is 17.6 Å². The number of pyridine rings is 1. The molecule has 6 heteroatoms. The standard InChI is InChI=1S/C48H35N5.Pt/c1-29-15-19-42-40(24-29)38-18-17-35(53-43-20-16-30(2)25-41(43)39-14-9-21-49-48(39)53)27-44(38)52(42)36-23-31(3)22-34(26-36)47-50-45(32-10-5-4-6-11-32)46-37-13-8-7-12-33(37)28-51(46)47;/h4-25,45-46H,28H2,1-3H3;/q-2;+2/t45-,46+;/m1./s1. The van der Waals surface area contributed by atoms with Crippen LogP contribution in [0.25, 0.3) is 55.1 Å². The van der Waals surface area contributed by atoms with E-state index < -0.39 is 0 Å². The number of amidine groups is 1. The molecular formula is C48H35N5Pt. The maximum Gasteiger partial charge on any atom is 2.00 e. The van der Waals surface area contributed by atoms with Gasteiger partial charge in [-0.25, -0.2) is 4.98 Å². The molecule has 0 spiro atoms. The van der Waals surface area contributed by atoms with Crippen LogP contribution < -0.4 is 0 Å². The number of aryl methyl sites for hydroxylation is 3. The molecular weight excluding hydrogens is 842 g/mol. The van der Waals surface area contributed by atoms with Crippen LogP contribution in [0, 0.1) is 32.9 Å². The van der Waals surface area contributed by atoms with Crippen molar-refractivity contribution in [2.45, 2.75) is 39.4 Å². The molecule has 0 fully saturated rings. The minimum Gasteiger partial charge on any atom is -0.383 e. The second kappa shape index (κ2) is 12.4. The number of hydrogen-bond donors (Lipinski definition) is 0. The molecule has 6 aromatic carbocycles. The van der Waals surface area contributed by atoms with E-state index in [0.717, 1.165) is 67.9 Å². The zero-order chi connectivity index (χ0) is 35.4. The van der Waals surface area contributed by atoms with Crippen LogP contribution in [-0.4, -0.2) is 24.9 Å². The molecule has 0 saturated carbocycles. The fourth-order valence-corrected chi connectivity index (χ4v) is 8.94. The summed E-state index contributed by atoms with van der Waals surface area (Å²) < 4.78 is 4.60. The Morgan fingerprint density at radius 1 is 0.611 bits per heavy atom. The smallest absolute Gasteiger partial charge is 0.383 e. The fraction of sp³-hybridized carbons (Fsp3) is 0.125. The van der Waals surface area contributed by atoms with Crippen molar-refractivity contribution >= 4 is 49.6 Å². The third kappa shape index (κ3) is 4.88. The number of aromatic nitrogens is 3. The van der Waals surface area contributed by atoms with Crippen molar-refractivity contribution in [2.75, 3.05) is 0 Å². The molecule has 5 heterocycles. The predicted molar refractivity (Wildman–Crippen MR) is 215 cm³/mol. The van der Waals surface area contributed by atoms with Gasteiger partial charge in [0.15, 0.2) is 0 Å². The van der Waals surface area contributed by atoms with Crippen molar-refractivity contribution in [3.63, 3.8) is 0 Å². The largest absolute Gasteiger partial charge is 2.00 e. The van der Waals surface area contributed by atoms with Gasteiger partial charge in [-0.15, -0.1) is 46.8 Å². The minimum absolute atomic E-state index is 0. The topological polar surface area (TPSA) is 38.4 Å². The zero-order valence-corrected chi connectivity index (χ0v) is 32.4. The van der Waals surface area contributed by atoms with Crippen LogP contribution in [0.4, 0.5) is 0 Å². The second-order valence-electron chi connectivity index (χ2n) is 14.7. The van der Waals surface area contributed by atoms with E-state index in [0.29, 0.717) is 0 Å². The molecule has 0 N–H and O–H groups in total. The molecule has 0 saturated heterocycles. The van der Waals surface area contributed by atoms with Gasteiger partial charge in [0, 0.05) is 34.9 Å². The quantitative estimate of drug-likeness (QED) is 0.165. The normalized spacial score (nSPS) is 16.3. The summed E-state index contributed by atoms with van der Waals surface area (Å²) in [4.78, 5) is 12.9. The van der Waals surface area contributed by atoms with Crippen LogP contribution in [0.5, 0.6) is 0 Å². The summed E-state index contributed by atoms with van der Waals surface area (Å²) in [6, 6.07) is 54.1. The summed E-state index contributed by atoms with van der Waals surface area (Å²) in [6.07, 6.45) is 1.88. The number of aliphatic imine (C=N–C) groups is 1. The van der Waals surface area contributed by atoms with Gasteiger partial charge in [-0.2, -0.15) is 6.07 Å². The first-order chi connectivity index (χ1) is 26.0. The predicted octanol–water partition coefficient (Wildman–Crippen LogP) is 10.9. The first-order valence-corrected chi connectivity index (χ1v) is 18.4. The molecule has 3 aromatic heterocycles. The van der Waals surface area contributed by atoms with Gasteiger partial charge in [0.25, 0.3) is 0 Å². The van der Waals surface area contributed by atoms with Crippen LogP contribution in [0.3, 0.4) is 0 Å². The summed E-state index contributed by atoms with van der Waals surface area (Å²) in [6.45, 7) is 7.32. The molecule has 54 heavy (non-hydrogen) atoms. The van der Waals surface area contributed by atoms with Gasteiger partial charge in [-0.05, 0) is 71.9 Å². The average molecular weight is 877 g/mol. The van der Waals surface area contributed by atoms with Gasteiger partial charge < -0.3 is 19.0 Å². The SMILES string of the molecule is Cc1cc(C2=N[C@H](c3ccccc3)[C@@H]3c4ccccc4CN23)[c-]c(-n2c3[c-]c(-n4c5ccc(C)cc5c5cccnc54)ccc3c3cc(C)ccc32)c1.[Pt+2].